The number of anilines is 1. The van der Waals surface area contributed by atoms with Crippen LogP contribution in [0.3, 0.4) is 0 Å². The summed E-state index contributed by atoms with van der Waals surface area (Å²) >= 11 is 0. The van der Waals surface area contributed by atoms with Crippen LogP contribution in [0.1, 0.15) is 31.2 Å². The summed E-state index contributed by atoms with van der Waals surface area (Å²) in [5, 5.41) is 5.41. The van der Waals surface area contributed by atoms with Crippen LogP contribution in [0, 0.1) is 5.92 Å². The molecule has 1 heterocycles. The fraction of sp³-hybridized carbons (Fsp3) is 0.444. The Kier molecular flexibility index (Phi) is 5.01. The smallest absolute Gasteiger partial charge is 0.262 e. The summed E-state index contributed by atoms with van der Waals surface area (Å²) < 4.78 is 31.5. The molecular weight excluding hydrogens is 330 g/mol. The molecule has 0 radical (unpaired) electrons. The topological polar surface area (TPSA) is 67.4 Å². The summed E-state index contributed by atoms with van der Waals surface area (Å²) in [4.78, 5) is 23.1. The predicted molar refractivity (Wildman–Crippen MR) is 89.5 cm³/mol. The van der Waals surface area contributed by atoms with Crippen LogP contribution in [0.5, 0.6) is 5.75 Å². The number of amides is 2. The van der Waals surface area contributed by atoms with Gasteiger partial charge in [-0.05, 0) is 42.5 Å². The van der Waals surface area contributed by atoms with Gasteiger partial charge in [-0.2, -0.15) is 0 Å². The average Bonchev–Trinajstić information content (AvgIpc) is 2.91. The molecule has 1 aliphatic heterocycles. The molecule has 1 atom stereocenters. The molecule has 7 heteroatoms. The van der Waals surface area contributed by atoms with Gasteiger partial charge >= 0.3 is 0 Å². The Morgan fingerprint density at radius 2 is 2.28 bits per heavy atom. The summed E-state index contributed by atoms with van der Waals surface area (Å²) in [6.45, 7) is 0.384. The van der Waals surface area contributed by atoms with Gasteiger partial charge in [-0.15, -0.1) is 0 Å². The summed E-state index contributed by atoms with van der Waals surface area (Å²) in [6.07, 6.45) is 3.96. The highest BCUT2D eigenvalue weighted by Crippen LogP contribution is 2.40. The Labute approximate surface area is 144 Å². The van der Waals surface area contributed by atoms with E-state index in [-0.39, 0.29) is 37.2 Å². The van der Waals surface area contributed by atoms with Crippen molar-refractivity contribution in [1.29, 1.82) is 0 Å². The Bertz CT molecular complexity index is 704. The molecule has 1 fully saturated rings. The summed E-state index contributed by atoms with van der Waals surface area (Å²) in [5.74, 6) is -2.47. The van der Waals surface area contributed by atoms with Gasteiger partial charge in [0.1, 0.15) is 5.75 Å². The maximum absolute atomic E-state index is 13.1. The molecule has 0 saturated heterocycles. The van der Waals surface area contributed by atoms with Crippen LogP contribution in [0.2, 0.25) is 0 Å². The second-order valence-electron chi connectivity index (χ2n) is 6.47. The van der Waals surface area contributed by atoms with E-state index >= 15 is 0 Å². The maximum Gasteiger partial charge on any atom is 0.262 e. The van der Waals surface area contributed by atoms with Crippen LogP contribution < -0.4 is 15.4 Å². The van der Waals surface area contributed by atoms with E-state index in [4.69, 9.17) is 4.74 Å². The van der Waals surface area contributed by atoms with E-state index in [1.807, 2.05) is 0 Å². The van der Waals surface area contributed by atoms with Gasteiger partial charge in [-0.3, -0.25) is 9.59 Å². The minimum atomic E-state index is -2.54. The predicted octanol–water partition coefficient (Wildman–Crippen LogP) is 2.97. The molecule has 2 amide bonds. The SMILES string of the molecule is O=C(/C=C/c1ccc2c(c1)NC(=O)CO2)NCCC1CCC(F)(F)C1. The summed E-state index contributed by atoms with van der Waals surface area (Å²) in [6, 6.07) is 5.23. The van der Waals surface area contributed by atoms with Crippen molar-refractivity contribution < 1.29 is 23.1 Å². The van der Waals surface area contributed by atoms with Crippen molar-refractivity contribution in [2.24, 2.45) is 5.92 Å². The number of nitrogens with one attached hydrogen (secondary N) is 2. The summed E-state index contributed by atoms with van der Waals surface area (Å²) in [7, 11) is 0. The lowest BCUT2D eigenvalue weighted by atomic mass is 10.0. The molecule has 1 saturated carbocycles. The normalized spacial score (nSPS) is 21.5. The minimum absolute atomic E-state index is 0.00246. The van der Waals surface area contributed by atoms with E-state index in [0.717, 1.165) is 5.56 Å². The zero-order valence-corrected chi connectivity index (χ0v) is 13.7. The summed E-state index contributed by atoms with van der Waals surface area (Å²) in [5.41, 5.74) is 1.32. The lowest BCUT2D eigenvalue weighted by Gasteiger charge is -2.17. The Hall–Kier alpha value is -2.44. The number of halogens is 2. The highest BCUT2D eigenvalue weighted by atomic mass is 19.3. The van der Waals surface area contributed by atoms with E-state index in [1.54, 1.807) is 24.3 Å². The Balaban J connectivity index is 1.46. The number of fused-ring (bicyclic) bond motifs is 1. The van der Waals surface area contributed by atoms with Gasteiger partial charge < -0.3 is 15.4 Å². The molecule has 3 rings (SSSR count). The molecule has 25 heavy (non-hydrogen) atoms. The van der Waals surface area contributed by atoms with E-state index in [9.17, 15) is 18.4 Å². The number of carbonyl (C=O) groups excluding carboxylic acids is 2. The third-order valence-electron chi connectivity index (χ3n) is 4.42. The van der Waals surface area contributed by atoms with Crippen LogP contribution in [-0.4, -0.2) is 30.9 Å². The molecule has 2 aliphatic rings. The third kappa shape index (κ3) is 4.78. The van der Waals surface area contributed by atoms with Crippen molar-refractivity contribution in [3.05, 3.63) is 29.8 Å². The maximum atomic E-state index is 13.1. The highest BCUT2D eigenvalue weighted by Gasteiger charge is 2.38. The van der Waals surface area contributed by atoms with Crippen molar-refractivity contribution in [2.75, 3.05) is 18.5 Å². The Morgan fingerprint density at radius 1 is 1.44 bits per heavy atom. The molecule has 1 aliphatic carbocycles. The first-order valence-corrected chi connectivity index (χ1v) is 8.32. The second-order valence-corrected chi connectivity index (χ2v) is 6.47. The van der Waals surface area contributed by atoms with Crippen LogP contribution >= 0.6 is 0 Å². The van der Waals surface area contributed by atoms with Gasteiger partial charge in [0, 0.05) is 25.5 Å². The van der Waals surface area contributed by atoms with Gasteiger partial charge in [0.15, 0.2) is 6.61 Å². The molecule has 0 spiro atoms. The van der Waals surface area contributed by atoms with Crippen molar-refractivity contribution >= 4 is 23.6 Å². The lowest BCUT2D eigenvalue weighted by molar-refractivity contribution is -0.118. The van der Waals surface area contributed by atoms with Gasteiger partial charge in [-0.25, -0.2) is 8.78 Å². The molecular formula is C18H20F2N2O3. The van der Waals surface area contributed by atoms with E-state index in [1.165, 1.54) is 6.08 Å². The Morgan fingerprint density at radius 3 is 3.04 bits per heavy atom. The number of carbonyl (C=O) groups is 2. The standard InChI is InChI=1S/C18H20F2N2O3/c19-18(20)7-5-13(10-18)6-8-21-16(23)4-2-12-1-3-15-14(9-12)22-17(24)11-25-15/h1-4,9,13H,5-8,10-11H2,(H,21,23)(H,22,24)/b4-2+. The van der Waals surface area contributed by atoms with Crippen LogP contribution in [0.25, 0.3) is 6.08 Å². The number of benzene rings is 1. The quantitative estimate of drug-likeness (QED) is 0.803. The van der Waals surface area contributed by atoms with E-state index in [0.29, 0.717) is 30.8 Å². The third-order valence-corrected chi connectivity index (χ3v) is 4.42. The number of alkyl halides is 2. The van der Waals surface area contributed by atoms with Crippen LogP contribution in [0.4, 0.5) is 14.5 Å². The zero-order valence-electron chi connectivity index (χ0n) is 13.7. The van der Waals surface area contributed by atoms with Crippen LogP contribution in [-0.2, 0) is 9.59 Å². The molecule has 5 nitrogen and oxygen atoms in total. The monoisotopic (exact) mass is 350 g/mol. The van der Waals surface area contributed by atoms with Gasteiger partial charge in [0.05, 0.1) is 5.69 Å². The molecule has 1 aromatic rings. The van der Waals surface area contributed by atoms with E-state index in [2.05, 4.69) is 10.6 Å². The fourth-order valence-corrected chi connectivity index (χ4v) is 3.12. The van der Waals surface area contributed by atoms with Gasteiger partial charge in [-0.1, -0.05) is 6.07 Å². The number of ether oxygens (including phenoxy) is 1. The van der Waals surface area contributed by atoms with Gasteiger partial charge in [0.2, 0.25) is 11.8 Å². The van der Waals surface area contributed by atoms with Crippen molar-refractivity contribution in [2.45, 2.75) is 31.6 Å². The average molecular weight is 350 g/mol. The fourth-order valence-electron chi connectivity index (χ4n) is 3.12. The largest absolute Gasteiger partial charge is 0.482 e. The minimum Gasteiger partial charge on any atom is -0.482 e. The first-order chi connectivity index (χ1) is 11.9. The number of hydrogen-bond donors (Lipinski definition) is 2. The first-order valence-electron chi connectivity index (χ1n) is 8.32. The molecule has 2 N–H and O–H groups in total. The second kappa shape index (κ2) is 7.21. The number of hydrogen-bond acceptors (Lipinski definition) is 3. The molecule has 134 valence electrons. The van der Waals surface area contributed by atoms with Gasteiger partial charge in [0.25, 0.3) is 5.91 Å². The van der Waals surface area contributed by atoms with Crippen molar-refractivity contribution in [3.8, 4) is 5.75 Å². The molecule has 0 aromatic heterocycles. The van der Waals surface area contributed by atoms with Crippen molar-refractivity contribution in [1.82, 2.24) is 5.32 Å². The first kappa shape index (κ1) is 17.4. The molecule has 0 bridgehead atoms. The zero-order chi connectivity index (χ0) is 17.9. The van der Waals surface area contributed by atoms with Crippen molar-refractivity contribution in [3.63, 3.8) is 0 Å². The van der Waals surface area contributed by atoms with E-state index < -0.39 is 5.92 Å². The highest BCUT2D eigenvalue weighted by molar-refractivity contribution is 5.96. The van der Waals surface area contributed by atoms with Crippen LogP contribution in [0.15, 0.2) is 24.3 Å². The molecule has 1 aromatic carbocycles. The lowest BCUT2D eigenvalue weighted by Crippen LogP contribution is -2.25. The number of rotatable bonds is 5. The molecule has 1 unspecified atom stereocenters.